The first kappa shape index (κ1) is 18.2. The number of carbonyl (C=O) groups is 2. The van der Waals surface area contributed by atoms with Crippen LogP contribution in [0.15, 0.2) is 24.3 Å². The standard InChI is InChI=1S/C20H24N2O4/c1-13-17(10-14-8-9-16(25-2)11-18(14)21-13)20(24)26-12-19(23)22-15-6-4-3-5-7-15/h8-11,15H,3-7,12H2,1-2H3,(H,22,23). The van der Waals surface area contributed by atoms with Crippen molar-refractivity contribution in [2.75, 3.05) is 13.7 Å². The molecule has 0 radical (unpaired) electrons. The van der Waals surface area contributed by atoms with Gasteiger partial charge in [0, 0.05) is 17.5 Å². The van der Waals surface area contributed by atoms with E-state index in [9.17, 15) is 9.59 Å². The second-order valence-corrected chi connectivity index (χ2v) is 6.66. The lowest BCUT2D eigenvalue weighted by Gasteiger charge is -2.22. The van der Waals surface area contributed by atoms with Gasteiger partial charge in [-0.1, -0.05) is 19.3 Å². The zero-order valence-corrected chi connectivity index (χ0v) is 15.2. The monoisotopic (exact) mass is 356 g/mol. The summed E-state index contributed by atoms with van der Waals surface area (Å²) in [6, 6.07) is 7.40. The zero-order valence-electron chi connectivity index (χ0n) is 15.2. The smallest absolute Gasteiger partial charge is 0.340 e. The fourth-order valence-electron chi connectivity index (χ4n) is 3.30. The van der Waals surface area contributed by atoms with Crippen LogP contribution < -0.4 is 10.1 Å². The first-order valence-electron chi connectivity index (χ1n) is 8.98. The van der Waals surface area contributed by atoms with Gasteiger partial charge in [-0.2, -0.15) is 0 Å². The molecule has 1 aromatic heterocycles. The molecule has 0 saturated heterocycles. The van der Waals surface area contributed by atoms with Gasteiger partial charge < -0.3 is 14.8 Å². The number of amides is 1. The van der Waals surface area contributed by atoms with E-state index in [-0.39, 0.29) is 18.6 Å². The van der Waals surface area contributed by atoms with Gasteiger partial charge in [-0.25, -0.2) is 4.79 Å². The Labute approximate surface area is 152 Å². The molecule has 1 amide bonds. The second-order valence-electron chi connectivity index (χ2n) is 6.66. The third kappa shape index (κ3) is 4.31. The quantitative estimate of drug-likeness (QED) is 0.833. The average Bonchev–Trinajstić information content (AvgIpc) is 2.66. The van der Waals surface area contributed by atoms with Crippen molar-refractivity contribution < 1.29 is 19.1 Å². The minimum atomic E-state index is -0.536. The summed E-state index contributed by atoms with van der Waals surface area (Å²) in [5.41, 5.74) is 1.67. The molecule has 3 rings (SSSR count). The molecule has 1 saturated carbocycles. The van der Waals surface area contributed by atoms with E-state index in [0.717, 1.165) is 36.6 Å². The number of methoxy groups -OCH3 is 1. The van der Waals surface area contributed by atoms with Gasteiger partial charge in [0.25, 0.3) is 5.91 Å². The largest absolute Gasteiger partial charge is 0.497 e. The van der Waals surface area contributed by atoms with Crippen LogP contribution in [0.5, 0.6) is 5.75 Å². The number of hydrogen-bond donors (Lipinski definition) is 1. The number of hydrogen-bond acceptors (Lipinski definition) is 5. The number of aryl methyl sites for hydroxylation is 1. The fourth-order valence-corrected chi connectivity index (χ4v) is 3.30. The number of nitrogens with zero attached hydrogens (tertiary/aromatic N) is 1. The molecule has 0 bridgehead atoms. The van der Waals surface area contributed by atoms with Crippen molar-refractivity contribution in [2.24, 2.45) is 0 Å². The Morgan fingerprint density at radius 1 is 1.19 bits per heavy atom. The molecule has 1 N–H and O–H groups in total. The average molecular weight is 356 g/mol. The Kier molecular flexibility index (Phi) is 5.71. The lowest BCUT2D eigenvalue weighted by Crippen LogP contribution is -2.38. The van der Waals surface area contributed by atoms with Crippen LogP contribution in [0.25, 0.3) is 10.9 Å². The molecule has 1 aromatic carbocycles. The molecule has 1 heterocycles. The van der Waals surface area contributed by atoms with Gasteiger partial charge in [0.05, 0.1) is 23.9 Å². The molecule has 26 heavy (non-hydrogen) atoms. The summed E-state index contributed by atoms with van der Waals surface area (Å²) < 4.78 is 10.4. The maximum atomic E-state index is 12.4. The van der Waals surface area contributed by atoms with E-state index < -0.39 is 5.97 Å². The number of rotatable bonds is 5. The van der Waals surface area contributed by atoms with E-state index in [1.54, 1.807) is 20.1 Å². The summed E-state index contributed by atoms with van der Waals surface area (Å²) in [6.45, 7) is 1.48. The van der Waals surface area contributed by atoms with Crippen LogP contribution >= 0.6 is 0 Å². The topological polar surface area (TPSA) is 77.5 Å². The van der Waals surface area contributed by atoms with Crippen molar-refractivity contribution in [3.05, 3.63) is 35.5 Å². The number of benzene rings is 1. The number of carbonyl (C=O) groups excluding carboxylic acids is 2. The lowest BCUT2D eigenvalue weighted by molar-refractivity contribution is -0.125. The van der Waals surface area contributed by atoms with Crippen LogP contribution in [-0.2, 0) is 9.53 Å². The van der Waals surface area contributed by atoms with Crippen LogP contribution in [0.1, 0.15) is 48.2 Å². The predicted octanol–water partition coefficient (Wildman–Crippen LogP) is 3.16. The summed E-state index contributed by atoms with van der Waals surface area (Å²) in [6.07, 6.45) is 5.49. The van der Waals surface area contributed by atoms with Crippen molar-refractivity contribution in [3.63, 3.8) is 0 Å². The first-order valence-corrected chi connectivity index (χ1v) is 8.98. The highest BCUT2D eigenvalue weighted by Gasteiger charge is 2.18. The number of aromatic nitrogens is 1. The summed E-state index contributed by atoms with van der Waals surface area (Å²) in [5.74, 6) is -0.0768. The fraction of sp³-hybridized carbons (Fsp3) is 0.450. The molecule has 0 aliphatic heterocycles. The van der Waals surface area contributed by atoms with E-state index in [4.69, 9.17) is 9.47 Å². The van der Waals surface area contributed by atoms with E-state index in [0.29, 0.717) is 17.0 Å². The van der Waals surface area contributed by atoms with Crippen LogP contribution in [0, 0.1) is 6.92 Å². The van der Waals surface area contributed by atoms with Crippen molar-refractivity contribution >= 4 is 22.8 Å². The molecule has 138 valence electrons. The molecule has 1 aliphatic rings. The number of pyridine rings is 1. The maximum absolute atomic E-state index is 12.4. The summed E-state index contributed by atoms with van der Waals surface area (Å²) in [5, 5.41) is 3.75. The van der Waals surface area contributed by atoms with E-state index in [2.05, 4.69) is 10.3 Å². The zero-order chi connectivity index (χ0) is 18.5. The highest BCUT2D eigenvalue weighted by atomic mass is 16.5. The van der Waals surface area contributed by atoms with Gasteiger partial charge in [-0.15, -0.1) is 0 Å². The first-order chi connectivity index (χ1) is 12.6. The summed E-state index contributed by atoms with van der Waals surface area (Å²) >= 11 is 0. The van der Waals surface area contributed by atoms with Crippen LogP contribution in [0.2, 0.25) is 0 Å². The molecular weight excluding hydrogens is 332 g/mol. The van der Waals surface area contributed by atoms with Gasteiger partial charge >= 0.3 is 5.97 Å². The molecular formula is C20H24N2O4. The molecule has 0 atom stereocenters. The van der Waals surface area contributed by atoms with E-state index in [1.807, 2.05) is 18.2 Å². The molecule has 6 heteroatoms. The highest BCUT2D eigenvalue weighted by molar-refractivity contribution is 5.96. The minimum Gasteiger partial charge on any atom is -0.497 e. The number of nitrogens with one attached hydrogen (secondary N) is 1. The number of fused-ring (bicyclic) bond motifs is 1. The Morgan fingerprint density at radius 2 is 1.96 bits per heavy atom. The van der Waals surface area contributed by atoms with Crippen molar-refractivity contribution in [2.45, 2.75) is 45.1 Å². The third-order valence-corrected chi connectivity index (χ3v) is 4.74. The van der Waals surface area contributed by atoms with E-state index in [1.165, 1.54) is 6.42 Å². The second kappa shape index (κ2) is 8.17. The molecule has 0 unspecified atom stereocenters. The van der Waals surface area contributed by atoms with Gasteiger partial charge in [-0.05, 0) is 38.0 Å². The molecule has 1 aliphatic carbocycles. The Morgan fingerprint density at radius 3 is 2.69 bits per heavy atom. The van der Waals surface area contributed by atoms with Crippen molar-refractivity contribution in [1.29, 1.82) is 0 Å². The minimum absolute atomic E-state index is 0.203. The Balaban J connectivity index is 1.63. The van der Waals surface area contributed by atoms with Crippen LogP contribution in [0.4, 0.5) is 0 Å². The molecule has 6 nitrogen and oxygen atoms in total. The molecule has 1 fully saturated rings. The SMILES string of the molecule is COc1ccc2cc(C(=O)OCC(=O)NC3CCCCC3)c(C)nc2c1. The van der Waals surface area contributed by atoms with Gasteiger partial charge in [0.2, 0.25) is 0 Å². The lowest BCUT2D eigenvalue weighted by atomic mass is 9.95. The normalized spacial score (nSPS) is 14.8. The molecule has 2 aromatic rings. The summed E-state index contributed by atoms with van der Waals surface area (Å²) in [4.78, 5) is 28.8. The van der Waals surface area contributed by atoms with Crippen molar-refractivity contribution in [1.82, 2.24) is 10.3 Å². The van der Waals surface area contributed by atoms with Gasteiger partial charge in [0.1, 0.15) is 5.75 Å². The van der Waals surface area contributed by atoms with Crippen LogP contribution in [0.3, 0.4) is 0 Å². The summed E-state index contributed by atoms with van der Waals surface area (Å²) in [7, 11) is 1.60. The third-order valence-electron chi connectivity index (χ3n) is 4.74. The maximum Gasteiger partial charge on any atom is 0.340 e. The number of ether oxygens (including phenoxy) is 2. The Bertz CT molecular complexity index is 813. The predicted molar refractivity (Wildman–Crippen MR) is 98.3 cm³/mol. The van der Waals surface area contributed by atoms with E-state index >= 15 is 0 Å². The Hall–Kier alpha value is -2.63. The molecule has 0 spiro atoms. The van der Waals surface area contributed by atoms with Crippen LogP contribution in [-0.4, -0.2) is 36.6 Å². The highest BCUT2D eigenvalue weighted by Crippen LogP contribution is 2.22. The van der Waals surface area contributed by atoms with Crippen molar-refractivity contribution in [3.8, 4) is 5.75 Å². The number of esters is 1. The van der Waals surface area contributed by atoms with Gasteiger partial charge in [0.15, 0.2) is 6.61 Å². The van der Waals surface area contributed by atoms with Gasteiger partial charge in [-0.3, -0.25) is 9.78 Å².